The Morgan fingerprint density at radius 2 is 2.35 bits per heavy atom. The largest absolute Gasteiger partial charge is 0.488 e. The maximum absolute atomic E-state index is 12.5. The lowest BCUT2D eigenvalue weighted by Gasteiger charge is -2.26. The van der Waals surface area contributed by atoms with Crippen LogP contribution >= 0.6 is 11.6 Å². The molecule has 1 aromatic heterocycles. The molecular weight excluding hydrogens is 314 g/mol. The minimum absolute atomic E-state index is 0.0795. The Bertz CT molecular complexity index is 797. The number of halogens is 1. The highest BCUT2D eigenvalue weighted by Gasteiger charge is 2.23. The van der Waals surface area contributed by atoms with E-state index in [0.29, 0.717) is 10.6 Å². The van der Waals surface area contributed by atoms with E-state index in [1.165, 1.54) is 0 Å². The van der Waals surface area contributed by atoms with Crippen molar-refractivity contribution < 1.29 is 9.53 Å². The first-order valence-electron chi connectivity index (χ1n) is 7.63. The molecule has 1 aromatic carbocycles. The normalized spacial score (nSPS) is 19.2. The van der Waals surface area contributed by atoms with E-state index in [2.05, 4.69) is 14.9 Å². The number of aromatic nitrogens is 2. The number of amides is 1. The predicted octanol–water partition coefficient (Wildman–Crippen LogP) is 2.44. The zero-order valence-corrected chi connectivity index (χ0v) is 13.2. The Labute approximate surface area is 138 Å². The summed E-state index contributed by atoms with van der Waals surface area (Å²) in [6.45, 7) is 1.04. The van der Waals surface area contributed by atoms with Gasteiger partial charge in [-0.15, -0.1) is 0 Å². The van der Waals surface area contributed by atoms with Crippen LogP contribution < -0.4 is 10.1 Å². The van der Waals surface area contributed by atoms with Crippen LogP contribution in [0.4, 0.5) is 0 Å². The number of rotatable bonds is 2. The van der Waals surface area contributed by atoms with Crippen molar-refractivity contribution in [1.82, 2.24) is 14.9 Å². The number of aryl methyl sites for hydroxylation is 1. The van der Waals surface area contributed by atoms with Gasteiger partial charge in [-0.05, 0) is 30.7 Å². The van der Waals surface area contributed by atoms with E-state index in [1.807, 2.05) is 24.4 Å². The molecule has 1 amide bonds. The summed E-state index contributed by atoms with van der Waals surface area (Å²) in [6.07, 6.45) is 7.39. The van der Waals surface area contributed by atoms with Gasteiger partial charge in [0.05, 0.1) is 5.57 Å². The molecule has 1 N–H and O–H groups in total. The standard InChI is InChI=1S/C17H16ClN3O2/c18-13-1-3-15-11(8-13)7-12(10-23-15)17(22)20-14-2-4-16-19-5-6-21(16)9-14/h1,3,5-8,14H,2,4,9-10H2,(H,20,22). The number of carbonyl (C=O) groups excluding carboxylic acids is 1. The lowest BCUT2D eigenvalue weighted by atomic mass is 10.0. The van der Waals surface area contributed by atoms with Gasteiger partial charge >= 0.3 is 0 Å². The van der Waals surface area contributed by atoms with Crippen LogP contribution in [0.5, 0.6) is 5.75 Å². The molecule has 0 aliphatic carbocycles. The first-order chi connectivity index (χ1) is 11.2. The number of nitrogens with one attached hydrogen (secondary N) is 1. The van der Waals surface area contributed by atoms with Crippen LogP contribution in [0, 0.1) is 0 Å². The molecule has 0 saturated heterocycles. The summed E-state index contributed by atoms with van der Waals surface area (Å²) in [6, 6.07) is 5.53. The summed E-state index contributed by atoms with van der Waals surface area (Å²) in [5.41, 5.74) is 1.46. The second-order valence-electron chi connectivity index (χ2n) is 5.85. The molecule has 0 fully saturated rings. The maximum atomic E-state index is 12.5. The summed E-state index contributed by atoms with van der Waals surface area (Å²) in [5.74, 6) is 1.76. The number of hydrogen-bond acceptors (Lipinski definition) is 3. The second kappa shape index (κ2) is 5.74. The van der Waals surface area contributed by atoms with Crippen molar-refractivity contribution in [3.05, 3.63) is 52.6 Å². The Morgan fingerprint density at radius 1 is 1.43 bits per heavy atom. The molecule has 0 saturated carbocycles. The van der Waals surface area contributed by atoms with Crippen molar-refractivity contribution in [3.63, 3.8) is 0 Å². The fourth-order valence-electron chi connectivity index (χ4n) is 3.04. The molecule has 2 aliphatic rings. The van der Waals surface area contributed by atoms with Crippen LogP contribution in [0.25, 0.3) is 6.08 Å². The molecule has 0 spiro atoms. The Morgan fingerprint density at radius 3 is 3.26 bits per heavy atom. The highest BCUT2D eigenvalue weighted by Crippen LogP contribution is 2.29. The molecule has 23 heavy (non-hydrogen) atoms. The van der Waals surface area contributed by atoms with E-state index >= 15 is 0 Å². The second-order valence-corrected chi connectivity index (χ2v) is 6.28. The van der Waals surface area contributed by atoms with Gasteiger partial charge in [0.15, 0.2) is 0 Å². The lowest BCUT2D eigenvalue weighted by molar-refractivity contribution is -0.118. The summed E-state index contributed by atoms with van der Waals surface area (Å²) in [5, 5.41) is 3.73. The van der Waals surface area contributed by atoms with Gasteiger partial charge in [0.2, 0.25) is 0 Å². The number of nitrogens with zero attached hydrogens (tertiary/aromatic N) is 2. The average Bonchev–Trinajstić information content (AvgIpc) is 3.01. The molecular formula is C17H16ClN3O2. The van der Waals surface area contributed by atoms with Gasteiger partial charge in [0.1, 0.15) is 18.2 Å². The predicted molar refractivity (Wildman–Crippen MR) is 87.4 cm³/mol. The van der Waals surface area contributed by atoms with E-state index in [1.54, 1.807) is 12.3 Å². The highest BCUT2D eigenvalue weighted by molar-refractivity contribution is 6.30. The third-order valence-corrected chi connectivity index (χ3v) is 4.48. The molecule has 1 atom stereocenters. The van der Waals surface area contributed by atoms with Crippen molar-refractivity contribution in [3.8, 4) is 5.75 Å². The minimum atomic E-state index is -0.0795. The SMILES string of the molecule is O=C(NC1CCc2nccn2C1)C1=Cc2cc(Cl)ccc2OC1. The minimum Gasteiger partial charge on any atom is -0.488 e. The summed E-state index contributed by atoms with van der Waals surface area (Å²) in [4.78, 5) is 16.8. The van der Waals surface area contributed by atoms with Crippen molar-refractivity contribution in [2.45, 2.75) is 25.4 Å². The van der Waals surface area contributed by atoms with E-state index in [4.69, 9.17) is 16.3 Å². The van der Waals surface area contributed by atoms with Crippen LogP contribution in [-0.4, -0.2) is 28.1 Å². The highest BCUT2D eigenvalue weighted by atomic mass is 35.5. The fraction of sp³-hybridized carbons (Fsp3) is 0.294. The van der Waals surface area contributed by atoms with Crippen LogP contribution in [-0.2, 0) is 17.8 Å². The molecule has 3 heterocycles. The number of fused-ring (bicyclic) bond motifs is 2. The van der Waals surface area contributed by atoms with E-state index in [9.17, 15) is 4.79 Å². The number of hydrogen-bond donors (Lipinski definition) is 1. The van der Waals surface area contributed by atoms with Gasteiger partial charge in [-0.25, -0.2) is 4.98 Å². The summed E-state index contributed by atoms with van der Waals surface area (Å²) in [7, 11) is 0. The zero-order valence-electron chi connectivity index (χ0n) is 12.5. The van der Waals surface area contributed by atoms with Gasteiger partial charge in [-0.2, -0.15) is 0 Å². The molecule has 0 radical (unpaired) electrons. The smallest absolute Gasteiger partial charge is 0.250 e. The Balaban J connectivity index is 1.48. The number of ether oxygens (including phenoxy) is 1. The first kappa shape index (κ1) is 14.3. The summed E-state index contributed by atoms with van der Waals surface area (Å²) >= 11 is 6.00. The van der Waals surface area contributed by atoms with Gasteiger partial charge in [-0.1, -0.05) is 11.6 Å². The van der Waals surface area contributed by atoms with Gasteiger partial charge in [0.25, 0.3) is 5.91 Å². The molecule has 6 heteroatoms. The van der Waals surface area contributed by atoms with Gasteiger partial charge < -0.3 is 14.6 Å². The fourth-order valence-corrected chi connectivity index (χ4v) is 3.22. The lowest BCUT2D eigenvalue weighted by Crippen LogP contribution is -2.42. The first-order valence-corrected chi connectivity index (χ1v) is 8.00. The van der Waals surface area contributed by atoms with E-state index < -0.39 is 0 Å². The van der Waals surface area contributed by atoms with Gasteiger partial charge in [0, 0.05) is 42.0 Å². The van der Waals surface area contributed by atoms with Crippen LogP contribution in [0.2, 0.25) is 5.02 Å². The van der Waals surface area contributed by atoms with Gasteiger partial charge in [-0.3, -0.25) is 4.79 Å². The molecule has 118 valence electrons. The number of imidazole rings is 1. The molecule has 0 bridgehead atoms. The van der Waals surface area contributed by atoms with Crippen LogP contribution in [0.15, 0.2) is 36.2 Å². The van der Waals surface area contributed by atoms with Crippen LogP contribution in [0.3, 0.4) is 0 Å². The van der Waals surface area contributed by atoms with Crippen molar-refractivity contribution in [2.75, 3.05) is 6.61 Å². The topological polar surface area (TPSA) is 56.2 Å². The summed E-state index contributed by atoms with van der Waals surface area (Å²) < 4.78 is 7.73. The Kier molecular flexibility index (Phi) is 3.58. The molecule has 4 rings (SSSR count). The molecule has 2 aliphatic heterocycles. The number of carbonyl (C=O) groups is 1. The molecule has 5 nitrogen and oxygen atoms in total. The maximum Gasteiger partial charge on any atom is 0.250 e. The molecule has 2 aromatic rings. The van der Waals surface area contributed by atoms with Crippen molar-refractivity contribution in [2.24, 2.45) is 0 Å². The third kappa shape index (κ3) is 2.84. The molecule has 1 unspecified atom stereocenters. The third-order valence-electron chi connectivity index (χ3n) is 4.25. The number of benzene rings is 1. The van der Waals surface area contributed by atoms with E-state index in [0.717, 1.165) is 36.5 Å². The van der Waals surface area contributed by atoms with Crippen molar-refractivity contribution in [1.29, 1.82) is 0 Å². The average molecular weight is 330 g/mol. The van der Waals surface area contributed by atoms with E-state index in [-0.39, 0.29) is 18.6 Å². The zero-order chi connectivity index (χ0) is 15.8. The quantitative estimate of drug-likeness (QED) is 0.920. The monoisotopic (exact) mass is 329 g/mol. The van der Waals surface area contributed by atoms with Crippen LogP contribution in [0.1, 0.15) is 17.8 Å². The van der Waals surface area contributed by atoms with Crippen molar-refractivity contribution >= 4 is 23.6 Å². The Hall–Kier alpha value is -2.27.